The van der Waals surface area contributed by atoms with Gasteiger partial charge in [0.1, 0.15) is 0 Å². The fraction of sp³-hybridized carbons (Fsp3) is 0.938. The van der Waals surface area contributed by atoms with E-state index in [1.165, 1.54) is 0 Å². The largest absolute Gasteiger partial charge is 0.377 e. The first-order chi connectivity index (χ1) is 9.18. The highest BCUT2D eigenvalue weighted by Crippen LogP contribution is 2.45. The second-order valence-corrected chi connectivity index (χ2v) is 7.76. The van der Waals surface area contributed by atoms with Gasteiger partial charge in [0.15, 0.2) is 0 Å². The Kier molecular flexibility index (Phi) is 4.18. The monoisotopic (exact) mass is 282 g/mol. The van der Waals surface area contributed by atoms with Crippen molar-refractivity contribution in [3.63, 3.8) is 0 Å². The van der Waals surface area contributed by atoms with Crippen molar-refractivity contribution in [3.8, 4) is 0 Å². The average Bonchev–Trinajstić information content (AvgIpc) is 2.35. The normalized spacial score (nSPS) is 36.7. The van der Waals surface area contributed by atoms with Crippen LogP contribution in [-0.2, 0) is 9.53 Å². The molecule has 1 aliphatic heterocycles. The number of rotatable bonds is 1. The number of hydrogen-bond donors (Lipinski definition) is 1. The van der Waals surface area contributed by atoms with Gasteiger partial charge in [0.05, 0.1) is 18.8 Å². The van der Waals surface area contributed by atoms with E-state index in [9.17, 15) is 4.79 Å². The van der Waals surface area contributed by atoms with Gasteiger partial charge < -0.3 is 15.4 Å². The number of carbonyl (C=O) groups excluding carboxylic acids is 1. The first kappa shape index (κ1) is 15.8. The number of ether oxygens (including phenoxy) is 1. The molecule has 2 rings (SSSR count). The van der Waals surface area contributed by atoms with Crippen molar-refractivity contribution >= 4 is 5.91 Å². The molecule has 0 spiro atoms. The van der Waals surface area contributed by atoms with Crippen LogP contribution in [-0.4, -0.2) is 42.1 Å². The Labute approximate surface area is 123 Å². The number of nitrogens with two attached hydrogens (primary N) is 1. The third-order valence-electron chi connectivity index (χ3n) is 5.71. The average molecular weight is 282 g/mol. The van der Waals surface area contributed by atoms with Crippen molar-refractivity contribution in [1.82, 2.24) is 4.90 Å². The van der Waals surface area contributed by atoms with E-state index in [2.05, 4.69) is 34.6 Å². The molecule has 0 aromatic heterocycles. The quantitative estimate of drug-likeness (QED) is 0.800. The van der Waals surface area contributed by atoms with Crippen molar-refractivity contribution in [2.45, 2.75) is 59.0 Å². The molecule has 1 saturated heterocycles. The molecule has 20 heavy (non-hydrogen) atoms. The molecule has 3 atom stereocenters. The van der Waals surface area contributed by atoms with Gasteiger partial charge >= 0.3 is 0 Å². The Morgan fingerprint density at radius 2 is 1.90 bits per heavy atom. The maximum Gasteiger partial charge on any atom is 0.226 e. The number of amides is 1. The lowest BCUT2D eigenvalue weighted by atomic mass is 9.60. The Balaban J connectivity index is 2.20. The highest BCUT2D eigenvalue weighted by Gasteiger charge is 2.48. The van der Waals surface area contributed by atoms with Gasteiger partial charge in [0.25, 0.3) is 0 Å². The van der Waals surface area contributed by atoms with E-state index in [0.29, 0.717) is 31.6 Å². The van der Waals surface area contributed by atoms with Gasteiger partial charge in [-0.2, -0.15) is 0 Å². The van der Waals surface area contributed by atoms with Gasteiger partial charge in [-0.15, -0.1) is 0 Å². The molecule has 0 aromatic rings. The lowest BCUT2D eigenvalue weighted by molar-refractivity contribution is -0.158. The highest BCUT2D eigenvalue weighted by molar-refractivity contribution is 5.80. The lowest BCUT2D eigenvalue weighted by Gasteiger charge is -2.50. The van der Waals surface area contributed by atoms with E-state index >= 15 is 0 Å². The zero-order valence-electron chi connectivity index (χ0n) is 13.6. The number of nitrogens with zero attached hydrogens (tertiary/aromatic N) is 1. The van der Waals surface area contributed by atoms with Crippen LogP contribution >= 0.6 is 0 Å². The molecular weight excluding hydrogens is 252 g/mol. The first-order valence-corrected chi connectivity index (χ1v) is 7.83. The van der Waals surface area contributed by atoms with Gasteiger partial charge in [-0.25, -0.2) is 0 Å². The van der Waals surface area contributed by atoms with Gasteiger partial charge in [0.2, 0.25) is 5.91 Å². The summed E-state index contributed by atoms with van der Waals surface area (Å²) in [4.78, 5) is 15.1. The van der Waals surface area contributed by atoms with Crippen LogP contribution in [0, 0.1) is 17.3 Å². The molecule has 4 nitrogen and oxygen atoms in total. The highest BCUT2D eigenvalue weighted by atomic mass is 16.5. The summed E-state index contributed by atoms with van der Waals surface area (Å²) in [6.45, 7) is 12.8. The molecule has 0 radical (unpaired) electrons. The number of carbonyl (C=O) groups is 1. The van der Waals surface area contributed by atoms with Gasteiger partial charge in [-0.3, -0.25) is 4.79 Å². The van der Waals surface area contributed by atoms with Crippen LogP contribution in [0.25, 0.3) is 0 Å². The molecule has 1 saturated carbocycles. The van der Waals surface area contributed by atoms with Crippen molar-refractivity contribution < 1.29 is 9.53 Å². The van der Waals surface area contributed by atoms with Crippen molar-refractivity contribution in [2.24, 2.45) is 23.0 Å². The molecule has 1 aliphatic carbocycles. The molecule has 1 heterocycles. The summed E-state index contributed by atoms with van der Waals surface area (Å²) in [6.07, 6.45) is 1.86. The van der Waals surface area contributed by atoms with Crippen LogP contribution < -0.4 is 5.73 Å². The third kappa shape index (κ3) is 2.60. The standard InChI is InChI=1S/C16H30N2O2/c1-11-13(17)7-6-12(16(11,4)5)14(19)18-8-9-20-10-15(18,2)3/h11-13H,6-10,17H2,1-5H3. The summed E-state index contributed by atoms with van der Waals surface area (Å²) in [7, 11) is 0. The Morgan fingerprint density at radius 3 is 2.50 bits per heavy atom. The summed E-state index contributed by atoms with van der Waals surface area (Å²) in [5.41, 5.74) is 5.96. The fourth-order valence-corrected chi connectivity index (χ4v) is 3.75. The van der Waals surface area contributed by atoms with E-state index in [1.807, 2.05) is 4.90 Å². The maximum atomic E-state index is 13.1. The van der Waals surface area contributed by atoms with Crippen LogP contribution in [0.2, 0.25) is 0 Å². The molecule has 0 bridgehead atoms. The fourth-order valence-electron chi connectivity index (χ4n) is 3.75. The van der Waals surface area contributed by atoms with E-state index in [-0.39, 0.29) is 22.9 Å². The zero-order valence-corrected chi connectivity index (χ0v) is 13.6. The van der Waals surface area contributed by atoms with Gasteiger partial charge in [0, 0.05) is 18.5 Å². The predicted octanol–water partition coefficient (Wildman–Crippen LogP) is 2.02. The van der Waals surface area contributed by atoms with Crippen LogP contribution in [0.15, 0.2) is 0 Å². The Hall–Kier alpha value is -0.610. The zero-order chi connectivity index (χ0) is 15.1. The van der Waals surface area contributed by atoms with Gasteiger partial charge in [-0.05, 0) is 38.0 Å². The topological polar surface area (TPSA) is 55.6 Å². The lowest BCUT2D eigenvalue weighted by Crippen LogP contribution is -2.60. The van der Waals surface area contributed by atoms with Gasteiger partial charge in [-0.1, -0.05) is 20.8 Å². The molecular formula is C16H30N2O2. The van der Waals surface area contributed by atoms with Crippen LogP contribution in [0.4, 0.5) is 0 Å². The van der Waals surface area contributed by atoms with Crippen LogP contribution in [0.1, 0.15) is 47.5 Å². The van der Waals surface area contributed by atoms with E-state index < -0.39 is 0 Å². The van der Waals surface area contributed by atoms with E-state index in [0.717, 1.165) is 12.8 Å². The maximum absolute atomic E-state index is 13.1. The van der Waals surface area contributed by atoms with Crippen molar-refractivity contribution in [1.29, 1.82) is 0 Å². The molecule has 2 fully saturated rings. The van der Waals surface area contributed by atoms with Crippen LogP contribution in [0.3, 0.4) is 0 Å². The SMILES string of the molecule is CC1C(N)CCC(C(=O)N2CCOCC2(C)C)C1(C)C. The smallest absolute Gasteiger partial charge is 0.226 e. The van der Waals surface area contributed by atoms with Crippen molar-refractivity contribution in [2.75, 3.05) is 19.8 Å². The minimum Gasteiger partial charge on any atom is -0.377 e. The van der Waals surface area contributed by atoms with Crippen LogP contribution in [0.5, 0.6) is 0 Å². The summed E-state index contributed by atoms with van der Waals surface area (Å²) < 4.78 is 5.53. The molecule has 3 unspecified atom stereocenters. The minimum absolute atomic E-state index is 0.0386. The first-order valence-electron chi connectivity index (χ1n) is 7.83. The van der Waals surface area contributed by atoms with E-state index in [4.69, 9.17) is 10.5 Å². The molecule has 116 valence electrons. The number of hydrogen-bond acceptors (Lipinski definition) is 3. The van der Waals surface area contributed by atoms with E-state index in [1.54, 1.807) is 0 Å². The molecule has 0 aromatic carbocycles. The molecule has 4 heteroatoms. The third-order valence-corrected chi connectivity index (χ3v) is 5.71. The summed E-state index contributed by atoms with van der Waals surface area (Å²) in [5.74, 6) is 0.742. The van der Waals surface area contributed by atoms with Crippen molar-refractivity contribution in [3.05, 3.63) is 0 Å². The second-order valence-electron chi connectivity index (χ2n) is 7.76. The predicted molar refractivity (Wildman–Crippen MR) is 80.3 cm³/mol. The minimum atomic E-state index is -0.200. The number of morpholine rings is 1. The summed E-state index contributed by atoms with van der Waals surface area (Å²) in [6, 6.07) is 0.215. The summed E-state index contributed by atoms with van der Waals surface area (Å²) in [5, 5.41) is 0. The molecule has 2 N–H and O–H groups in total. The Bertz CT molecular complexity index is 379. The molecule has 1 amide bonds. The Morgan fingerprint density at radius 1 is 1.25 bits per heavy atom. The summed E-state index contributed by atoms with van der Waals surface area (Å²) >= 11 is 0. The molecule has 2 aliphatic rings. The second kappa shape index (κ2) is 5.30.